The minimum Gasteiger partial charge on any atom is -0.312 e. The summed E-state index contributed by atoms with van der Waals surface area (Å²) in [5.74, 6) is 0. The third-order valence-corrected chi connectivity index (χ3v) is 2.89. The maximum Gasteiger partial charge on any atom is 0.408 e. The molecule has 0 saturated carbocycles. The number of piperazine rings is 1. The number of hydrogen-bond acceptors (Lipinski definition) is 3. The molecule has 1 saturated heterocycles. The lowest BCUT2D eigenvalue weighted by molar-refractivity contribution is -0.142. The molecule has 0 radical (unpaired) electrons. The van der Waals surface area contributed by atoms with Crippen molar-refractivity contribution in [1.29, 1.82) is 0 Å². The van der Waals surface area contributed by atoms with Gasteiger partial charge in [0, 0.05) is 44.0 Å². The number of halogens is 4. The van der Waals surface area contributed by atoms with Crippen LogP contribution in [0.3, 0.4) is 0 Å². The van der Waals surface area contributed by atoms with E-state index in [1.165, 1.54) is 12.4 Å². The molecule has 0 unspecified atom stereocenters. The highest BCUT2D eigenvalue weighted by atomic mass is 35.5. The molecule has 0 amide bonds. The van der Waals surface area contributed by atoms with E-state index in [2.05, 4.69) is 22.2 Å². The van der Waals surface area contributed by atoms with Crippen molar-refractivity contribution in [3.05, 3.63) is 18.0 Å². The third-order valence-electron chi connectivity index (χ3n) is 2.89. The Morgan fingerprint density at radius 1 is 1.47 bits per heavy atom. The largest absolute Gasteiger partial charge is 0.408 e. The fourth-order valence-electron chi connectivity index (χ4n) is 2.17. The Morgan fingerprint density at radius 2 is 2.21 bits per heavy atom. The van der Waals surface area contributed by atoms with E-state index in [-0.39, 0.29) is 12.4 Å². The minimum absolute atomic E-state index is 0. The molecule has 1 aromatic rings. The average Bonchev–Trinajstić information content (AvgIpc) is 2.62. The number of aromatic nitrogens is 2. The molecule has 2 rings (SSSR count). The van der Waals surface area contributed by atoms with Gasteiger partial charge in [-0.15, -0.1) is 12.4 Å². The van der Waals surface area contributed by atoms with Crippen LogP contribution in [0.15, 0.2) is 12.4 Å². The molecule has 19 heavy (non-hydrogen) atoms. The summed E-state index contributed by atoms with van der Waals surface area (Å²) in [6.45, 7) is 4.46. The zero-order valence-corrected chi connectivity index (χ0v) is 11.5. The molecule has 0 spiro atoms. The quantitative estimate of drug-likeness (QED) is 0.921. The molecule has 1 N–H and O–H groups in total. The molecule has 110 valence electrons. The van der Waals surface area contributed by atoms with E-state index in [1.807, 2.05) is 0 Å². The van der Waals surface area contributed by atoms with E-state index >= 15 is 0 Å². The van der Waals surface area contributed by atoms with Crippen LogP contribution in [0.1, 0.15) is 12.5 Å². The zero-order chi connectivity index (χ0) is 13.2. The van der Waals surface area contributed by atoms with Gasteiger partial charge in [-0.25, -0.2) is 0 Å². The molecule has 0 aromatic carbocycles. The molecular weight excluding hydrogens is 281 g/mol. The summed E-state index contributed by atoms with van der Waals surface area (Å²) in [4.78, 5) is 2.22. The average molecular weight is 299 g/mol. The number of rotatable bonds is 3. The van der Waals surface area contributed by atoms with Gasteiger partial charge in [0.05, 0.1) is 6.20 Å². The Bertz CT molecular complexity index is 394. The third kappa shape index (κ3) is 5.38. The Kier molecular flexibility index (Phi) is 5.64. The molecule has 4 nitrogen and oxygen atoms in total. The summed E-state index contributed by atoms with van der Waals surface area (Å²) >= 11 is 0. The molecule has 1 aliphatic heterocycles. The minimum atomic E-state index is -4.22. The van der Waals surface area contributed by atoms with Gasteiger partial charge in [0.2, 0.25) is 0 Å². The van der Waals surface area contributed by atoms with Crippen LogP contribution in [0.4, 0.5) is 13.2 Å². The molecule has 1 aliphatic rings. The first kappa shape index (κ1) is 16.3. The van der Waals surface area contributed by atoms with E-state index in [9.17, 15) is 13.2 Å². The van der Waals surface area contributed by atoms with Gasteiger partial charge in [-0.2, -0.15) is 18.3 Å². The second-order valence-corrected chi connectivity index (χ2v) is 4.75. The Labute approximate surface area is 116 Å². The lowest BCUT2D eigenvalue weighted by Gasteiger charge is -2.31. The first-order chi connectivity index (χ1) is 8.42. The first-order valence-electron chi connectivity index (χ1n) is 5.96. The van der Waals surface area contributed by atoms with Crippen LogP contribution in [-0.4, -0.2) is 46.5 Å². The highest BCUT2D eigenvalue weighted by Crippen LogP contribution is 2.17. The van der Waals surface area contributed by atoms with Crippen LogP contribution in [0, 0.1) is 0 Å². The fourth-order valence-corrected chi connectivity index (χ4v) is 2.17. The Hall–Kier alpha value is -0.790. The van der Waals surface area contributed by atoms with Crippen molar-refractivity contribution in [2.75, 3.05) is 19.6 Å². The van der Waals surface area contributed by atoms with Crippen molar-refractivity contribution >= 4 is 12.4 Å². The van der Waals surface area contributed by atoms with Gasteiger partial charge in [0.25, 0.3) is 0 Å². The maximum absolute atomic E-state index is 12.2. The van der Waals surface area contributed by atoms with Gasteiger partial charge in [-0.1, -0.05) is 0 Å². The highest BCUT2D eigenvalue weighted by Gasteiger charge is 2.28. The summed E-state index contributed by atoms with van der Waals surface area (Å²) in [7, 11) is 0. The normalized spacial score (nSPS) is 21.2. The predicted octanol–water partition coefficient (Wildman–Crippen LogP) is 1.66. The molecular formula is C11H18ClF3N4. The first-order valence-corrected chi connectivity index (χ1v) is 5.96. The number of nitrogens with zero attached hydrogens (tertiary/aromatic N) is 3. The van der Waals surface area contributed by atoms with Crippen LogP contribution in [0.2, 0.25) is 0 Å². The summed E-state index contributed by atoms with van der Waals surface area (Å²) in [6.07, 6.45) is -1.23. The number of nitrogens with one attached hydrogen (secondary N) is 1. The Balaban J connectivity index is 0.00000180. The molecule has 0 aliphatic carbocycles. The van der Waals surface area contributed by atoms with Crippen LogP contribution in [0.5, 0.6) is 0 Å². The van der Waals surface area contributed by atoms with Crippen molar-refractivity contribution in [1.82, 2.24) is 20.0 Å². The topological polar surface area (TPSA) is 33.1 Å². The van der Waals surface area contributed by atoms with E-state index in [1.54, 1.807) is 0 Å². The fraction of sp³-hybridized carbons (Fsp3) is 0.727. The maximum atomic E-state index is 12.2. The van der Waals surface area contributed by atoms with Gasteiger partial charge in [0.1, 0.15) is 6.54 Å². The summed E-state index contributed by atoms with van der Waals surface area (Å²) in [5.41, 5.74) is 0.827. The van der Waals surface area contributed by atoms with Gasteiger partial charge in [-0.3, -0.25) is 9.58 Å². The second-order valence-electron chi connectivity index (χ2n) is 4.75. The van der Waals surface area contributed by atoms with Crippen molar-refractivity contribution in [2.24, 2.45) is 0 Å². The lowest BCUT2D eigenvalue weighted by Crippen LogP contribution is -2.48. The van der Waals surface area contributed by atoms with E-state index in [0.717, 1.165) is 29.9 Å². The van der Waals surface area contributed by atoms with E-state index in [0.29, 0.717) is 12.6 Å². The van der Waals surface area contributed by atoms with Crippen molar-refractivity contribution < 1.29 is 13.2 Å². The SMILES string of the molecule is C[C@H]1CN(Cc2cnn(CC(F)(F)F)c2)CCN1.Cl. The van der Waals surface area contributed by atoms with Gasteiger partial charge >= 0.3 is 6.18 Å². The summed E-state index contributed by atoms with van der Waals surface area (Å²) in [5, 5.41) is 7.06. The van der Waals surface area contributed by atoms with Crippen molar-refractivity contribution in [3.8, 4) is 0 Å². The van der Waals surface area contributed by atoms with E-state index in [4.69, 9.17) is 0 Å². The van der Waals surface area contributed by atoms with Crippen LogP contribution < -0.4 is 5.32 Å². The zero-order valence-electron chi connectivity index (χ0n) is 10.7. The number of hydrogen-bond donors (Lipinski definition) is 1. The Morgan fingerprint density at radius 3 is 2.84 bits per heavy atom. The highest BCUT2D eigenvalue weighted by molar-refractivity contribution is 5.85. The lowest BCUT2D eigenvalue weighted by atomic mass is 10.2. The molecule has 2 heterocycles. The molecule has 1 atom stereocenters. The van der Waals surface area contributed by atoms with Crippen molar-refractivity contribution in [2.45, 2.75) is 32.2 Å². The summed E-state index contributed by atoms with van der Waals surface area (Å²) < 4.78 is 37.5. The van der Waals surface area contributed by atoms with Gasteiger partial charge < -0.3 is 5.32 Å². The molecule has 0 bridgehead atoms. The number of alkyl halides is 3. The smallest absolute Gasteiger partial charge is 0.312 e. The van der Waals surface area contributed by atoms with Crippen molar-refractivity contribution in [3.63, 3.8) is 0 Å². The van der Waals surface area contributed by atoms with Gasteiger partial charge in [-0.05, 0) is 6.92 Å². The summed E-state index contributed by atoms with van der Waals surface area (Å²) in [6, 6.07) is 0.420. The second kappa shape index (κ2) is 6.58. The predicted molar refractivity (Wildman–Crippen MR) is 68.3 cm³/mol. The monoisotopic (exact) mass is 298 g/mol. The molecule has 1 aromatic heterocycles. The van der Waals surface area contributed by atoms with Crippen LogP contribution in [0.25, 0.3) is 0 Å². The standard InChI is InChI=1S/C11H17F3N4.ClH/c1-9-5-17(3-2-15-9)6-10-4-16-18(7-10)8-11(12,13)14;/h4,7,9,15H,2-3,5-6,8H2,1H3;1H/t9-;/m0./s1. The van der Waals surface area contributed by atoms with Crippen LogP contribution in [-0.2, 0) is 13.1 Å². The van der Waals surface area contributed by atoms with Gasteiger partial charge in [0.15, 0.2) is 0 Å². The van der Waals surface area contributed by atoms with Crippen LogP contribution >= 0.6 is 12.4 Å². The van der Waals surface area contributed by atoms with E-state index < -0.39 is 12.7 Å². The molecule has 1 fully saturated rings. The molecule has 8 heteroatoms.